The van der Waals surface area contributed by atoms with Gasteiger partial charge in [0.25, 0.3) is 0 Å². The molecular formula is C15H10N2O3. The van der Waals surface area contributed by atoms with E-state index in [0.29, 0.717) is 11.6 Å². The van der Waals surface area contributed by atoms with E-state index >= 15 is 0 Å². The summed E-state index contributed by atoms with van der Waals surface area (Å²) in [5, 5.41) is 8.93. The summed E-state index contributed by atoms with van der Waals surface area (Å²) >= 11 is 0. The maximum atomic E-state index is 10.9. The molecule has 0 fully saturated rings. The monoisotopic (exact) mass is 266 g/mol. The normalized spacial score (nSPS) is 10.4. The summed E-state index contributed by atoms with van der Waals surface area (Å²) in [5.74, 6) is -0.263. The van der Waals surface area contributed by atoms with Gasteiger partial charge in [-0.15, -0.1) is 0 Å². The van der Waals surface area contributed by atoms with Gasteiger partial charge in [-0.1, -0.05) is 18.2 Å². The van der Waals surface area contributed by atoms with Gasteiger partial charge in [0, 0.05) is 0 Å². The van der Waals surface area contributed by atoms with Crippen LogP contribution in [0.15, 0.2) is 54.7 Å². The molecule has 0 bridgehead atoms. The molecule has 1 aromatic heterocycles. The SMILES string of the molecule is O=C(O)c1cccc(Oc2cnc3ccccc3n2)c1. The molecule has 0 saturated heterocycles. The number of aromatic nitrogens is 2. The van der Waals surface area contributed by atoms with Gasteiger partial charge >= 0.3 is 5.97 Å². The van der Waals surface area contributed by atoms with E-state index in [1.807, 2.05) is 24.3 Å². The first kappa shape index (κ1) is 12.1. The number of fused-ring (bicyclic) bond motifs is 1. The van der Waals surface area contributed by atoms with Crippen LogP contribution in [0.5, 0.6) is 11.6 Å². The van der Waals surface area contributed by atoms with E-state index in [1.54, 1.807) is 12.1 Å². The van der Waals surface area contributed by atoms with Crippen molar-refractivity contribution in [2.24, 2.45) is 0 Å². The third kappa shape index (κ3) is 2.42. The van der Waals surface area contributed by atoms with Gasteiger partial charge in [-0.05, 0) is 30.3 Å². The van der Waals surface area contributed by atoms with Gasteiger partial charge in [0.1, 0.15) is 5.75 Å². The number of aromatic carboxylic acids is 1. The third-order valence-electron chi connectivity index (χ3n) is 2.73. The van der Waals surface area contributed by atoms with Crippen molar-refractivity contribution in [1.82, 2.24) is 9.97 Å². The minimum absolute atomic E-state index is 0.163. The molecule has 5 nitrogen and oxygen atoms in total. The number of ether oxygens (including phenoxy) is 1. The summed E-state index contributed by atoms with van der Waals surface area (Å²) < 4.78 is 5.54. The van der Waals surface area contributed by atoms with Gasteiger partial charge in [-0.2, -0.15) is 0 Å². The zero-order chi connectivity index (χ0) is 13.9. The molecule has 0 atom stereocenters. The predicted molar refractivity (Wildman–Crippen MR) is 73.0 cm³/mol. The smallest absolute Gasteiger partial charge is 0.335 e. The van der Waals surface area contributed by atoms with Crippen LogP contribution in [0.4, 0.5) is 0 Å². The number of hydrogen-bond donors (Lipinski definition) is 1. The van der Waals surface area contributed by atoms with Crippen molar-refractivity contribution in [3.05, 3.63) is 60.3 Å². The first-order valence-corrected chi connectivity index (χ1v) is 5.95. The Kier molecular flexibility index (Phi) is 3.01. The zero-order valence-electron chi connectivity index (χ0n) is 10.4. The Bertz CT molecular complexity index is 787. The van der Waals surface area contributed by atoms with E-state index in [4.69, 9.17) is 9.84 Å². The van der Waals surface area contributed by atoms with Crippen LogP contribution in [-0.4, -0.2) is 21.0 Å². The van der Waals surface area contributed by atoms with Crippen molar-refractivity contribution in [3.63, 3.8) is 0 Å². The summed E-state index contributed by atoms with van der Waals surface area (Å²) in [7, 11) is 0. The van der Waals surface area contributed by atoms with Crippen LogP contribution >= 0.6 is 0 Å². The highest BCUT2D eigenvalue weighted by molar-refractivity contribution is 5.88. The molecule has 0 aliphatic heterocycles. The van der Waals surface area contributed by atoms with E-state index in [9.17, 15) is 4.79 Å². The maximum absolute atomic E-state index is 10.9. The van der Waals surface area contributed by atoms with E-state index in [-0.39, 0.29) is 5.56 Å². The fourth-order valence-electron chi connectivity index (χ4n) is 1.80. The Balaban J connectivity index is 1.92. The second-order valence-corrected chi connectivity index (χ2v) is 4.13. The number of carbonyl (C=O) groups is 1. The molecule has 98 valence electrons. The summed E-state index contributed by atoms with van der Waals surface area (Å²) in [5.41, 5.74) is 1.66. The molecule has 0 aliphatic rings. The number of carboxylic acids is 1. The molecule has 2 aromatic carbocycles. The van der Waals surface area contributed by atoms with Crippen molar-refractivity contribution >= 4 is 17.0 Å². The summed E-state index contributed by atoms with van der Waals surface area (Å²) in [6, 6.07) is 13.7. The van der Waals surface area contributed by atoms with Crippen LogP contribution in [-0.2, 0) is 0 Å². The number of para-hydroxylation sites is 2. The lowest BCUT2D eigenvalue weighted by atomic mass is 10.2. The Hall–Kier alpha value is -2.95. The molecule has 0 amide bonds. The van der Waals surface area contributed by atoms with E-state index in [0.717, 1.165) is 11.0 Å². The molecular weight excluding hydrogens is 256 g/mol. The van der Waals surface area contributed by atoms with Crippen LogP contribution in [0, 0.1) is 0 Å². The van der Waals surface area contributed by atoms with Crippen LogP contribution < -0.4 is 4.74 Å². The molecule has 20 heavy (non-hydrogen) atoms. The molecule has 3 aromatic rings. The van der Waals surface area contributed by atoms with Gasteiger partial charge in [-0.25, -0.2) is 14.8 Å². The molecule has 0 saturated carbocycles. The van der Waals surface area contributed by atoms with Gasteiger partial charge < -0.3 is 9.84 Å². The van der Waals surface area contributed by atoms with Gasteiger partial charge in [0.2, 0.25) is 5.88 Å². The quantitative estimate of drug-likeness (QED) is 0.788. The minimum Gasteiger partial charge on any atom is -0.478 e. The molecule has 5 heteroatoms. The molecule has 1 heterocycles. The number of carboxylic acid groups (broad SMARTS) is 1. The van der Waals surface area contributed by atoms with Crippen molar-refractivity contribution in [2.75, 3.05) is 0 Å². The van der Waals surface area contributed by atoms with Crippen molar-refractivity contribution < 1.29 is 14.6 Å². The van der Waals surface area contributed by atoms with E-state index in [2.05, 4.69) is 9.97 Å². The highest BCUT2D eigenvalue weighted by Crippen LogP contribution is 2.21. The lowest BCUT2D eigenvalue weighted by molar-refractivity contribution is 0.0696. The second-order valence-electron chi connectivity index (χ2n) is 4.13. The Morgan fingerprint density at radius 3 is 2.65 bits per heavy atom. The Labute approximate surface area is 114 Å². The largest absolute Gasteiger partial charge is 0.478 e. The lowest BCUT2D eigenvalue weighted by Crippen LogP contribution is -1.97. The summed E-state index contributed by atoms with van der Waals surface area (Å²) in [6.45, 7) is 0. The van der Waals surface area contributed by atoms with Crippen molar-refractivity contribution in [3.8, 4) is 11.6 Å². The molecule has 0 spiro atoms. The van der Waals surface area contributed by atoms with Crippen LogP contribution in [0.25, 0.3) is 11.0 Å². The number of hydrogen-bond acceptors (Lipinski definition) is 4. The highest BCUT2D eigenvalue weighted by Gasteiger charge is 2.06. The first-order chi connectivity index (χ1) is 9.72. The van der Waals surface area contributed by atoms with E-state index < -0.39 is 5.97 Å². The average molecular weight is 266 g/mol. The summed E-state index contributed by atoms with van der Waals surface area (Å²) in [4.78, 5) is 19.4. The van der Waals surface area contributed by atoms with Gasteiger partial charge in [0.15, 0.2) is 0 Å². The molecule has 0 aliphatic carbocycles. The predicted octanol–water partition coefficient (Wildman–Crippen LogP) is 3.12. The van der Waals surface area contributed by atoms with Crippen LogP contribution in [0.1, 0.15) is 10.4 Å². The molecule has 0 unspecified atom stereocenters. The van der Waals surface area contributed by atoms with Crippen molar-refractivity contribution in [1.29, 1.82) is 0 Å². The fourth-order valence-corrected chi connectivity index (χ4v) is 1.80. The van der Waals surface area contributed by atoms with Gasteiger partial charge in [0.05, 0.1) is 22.8 Å². The Morgan fingerprint density at radius 1 is 1.05 bits per heavy atom. The highest BCUT2D eigenvalue weighted by atomic mass is 16.5. The third-order valence-corrected chi connectivity index (χ3v) is 2.73. The van der Waals surface area contributed by atoms with Gasteiger partial charge in [-0.3, -0.25) is 0 Å². The molecule has 0 radical (unpaired) electrons. The van der Waals surface area contributed by atoms with E-state index in [1.165, 1.54) is 18.3 Å². The van der Waals surface area contributed by atoms with Crippen LogP contribution in [0.2, 0.25) is 0 Å². The maximum Gasteiger partial charge on any atom is 0.335 e. The van der Waals surface area contributed by atoms with Crippen LogP contribution in [0.3, 0.4) is 0 Å². The summed E-state index contributed by atoms with van der Waals surface area (Å²) in [6.07, 6.45) is 1.51. The van der Waals surface area contributed by atoms with Crippen molar-refractivity contribution in [2.45, 2.75) is 0 Å². The zero-order valence-corrected chi connectivity index (χ0v) is 10.4. The lowest BCUT2D eigenvalue weighted by Gasteiger charge is -2.05. The minimum atomic E-state index is -1.000. The topological polar surface area (TPSA) is 72.3 Å². The average Bonchev–Trinajstić information content (AvgIpc) is 2.47. The number of benzene rings is 2. The Morgan fingerprint density at radius 2 is 1.85 bits per heavy atom. The second kappa shape index (κ2) is 4.97. The molecule has 1 N–H and O–H groups in total. The number of rotatable bonds is 3. The first-order valence-electron chi connectivity index (χ1n) is 5.95. The number of nitrogens with zero attached hydrogens (tertiary/aromatic N) is 2. The standard InChI is InChI=1S/C15H10N2O3/c18-15(19)10-4-3-5-11(8-10)20-14-9-16-12-6-1-2-7-13(12)17-14/h1-9H,(H,18,19). The fraction of sp³-hybridized carbons (Fsp3) is 0. The molecule has 3 rings (SSSR count).